The number of nitrogens with zero attached hydrogens (tertiary/aromatic N) is 4. The van der Waals surface area contributed by atoms with Crippen LogP contribution in [0.1, 0.15) is 47.8 Å². The molecule has 2 aliphatic heterocycles. The van der Waals surface area contributed by atoms with E-state index in [-0.39, 0.29) is 11.9 Å². The van der Waals surface area contributed by atoms with Gasteiger partial charge in [-0.15, -0.1) is 0 Å². The molecule has 3 aromatic rings. The molecule has 0 radical (unpaired) electrons. The van der Waals surface area contributed by atoms with E-state index in [9.17, 15) is 4.79 Å². The van der Waals surface area contributed by atoms with Crippen molar-refractivity contribution in [2.45, 2.75) is 44.2 Å². The molecule has 2 atom stereocenters. The fraction of sp³-hybridized carbons (Fsp3) is 0.467. The smallest absolute Gasteiger partial charge is 0.275 e. The van der Waals surface area contributed by atoms with Gasteiger partial charge in [-0.2, -0.15) is 0 Å². The standard InChI is InChI=1S/C30H37N5O/c36-30(34-17-15-31-19-27(34)18-23-8-3-1-4-9-23)28-29(25-10-5-2-6-11-25)35(22-32-28)26-12-7-16-33(21-26)20-24-13-14-24/h1-6,8-11,22,24,26-27,31H,7,12-21H2/t26?,27-/m1/s1. The quantitative estimate of drug-likeness (QED) is 0.546. The summed E-state index contributed by atoms with van der Waals surface area (Å²) < 4.78 is 2.32. The summed E-state index contributed by atoms with van der Waals surface area (Å²) in [5, 5.41) is 3.50. The first-order chi connectivity index (χ1) is 17.8. The van der Waals surface area contributed by atoms with Crippen molar-refractivity contribution < 1.29 is 4.79 Å². The average molecular weight is 484 g/mol. The number of carbonyl (C=O) groups is 1. The molecular formula is C30H37N5O. The van der Waals surface area contributed by atoms with Crippen LogP contribution in [0.2, 0.25) is 0 Å². The van der Waals surface area contributed by atoms with Gasteiger partial charge in [0.1, 0.15) is 0 Å². The topological polar surface area (TPSA) is 53.4 Å². The van der Waals surface area contributed by atoms with Crippen LogP contribution in [0.3, 0.4) is 0 Å². The lowest BCUT2D eigenvalue weighted by Crippen LogP contribution is -2.54. The Labute approximate surface area is 214 Å². The van der Waals surface area contributed by atoms with Gasteiger partial charge >= 0.3 is 0 Å². The summed E-state index contributed by atoms with van der Waals surface area (Å²) in [7, 11) is 0. The van der Waals surface area contributed by atoms with E-state index in [4.69, 9.17) is 4.98 Å². The van der Waals surface area contributed by atoms with Crippen molar-refractivity contribution in [3.63, 3.8) is 0 Å². The second-order valence-electron chi connectivity index (χ2n) is 10.8. The van der Waals surface area contributed by atoms with Crippen LogP contribution in [0, 0.1) is 5.92 Å². The molecule has 3 fully saturated rings. The first-order valence-corrected chi connectivity index (χ1v) is 13.7. The number of hydrogen-bond acceptors (Lipinski definition) is 4. The molecule has 3 heterocycles. The number of nitrogens with one attached hydrogen (secondary N) is 1. The van der Waals surface area contributed by atoms with Gasteiger partial charge in [-0.25, -0.2) is 4.98 Å². The van der Waals surface area contributed by atoms with Crippen LogP contribution in [0.25, 0.3) is 11.3 Å². The first kappa shape index (κ1) is 23.4. The molecule has 1 aromatic heterocycles. The molecule has 188 valence electrons. The Morgan fingerprint density at radius 3 is 2.53 bits per heavy atom. The van der Waals surface area contributed by atoms with E-state index in [1.54, 1.807) is 0 Å². The number of amides is 1. The molecule has 6 nitrogen and oxygen atoms in total. The van der Waals surface area contributed by atoms with Gasteiger partial charge in [0.25, 0.3) is 5.91 Å². The molecule has 0 bridgehead atoms. The zero-order chi connectivity index (χ0) is 24.3. The van der Waals surface area contributed by atoms with E-state index in [0.29, 0.717) is 18.3 Å². The Morgan fingerprint density at radius 1 is 0.972 bits per heavy atom. The van der Waals surface area contributed by atoms with Gasteiger partial charge in [-0.05, 0) is 50.1 Å². The van der Waals surface area contributed by atoms with Crippen molar-refractivity contribution in [2.24, 2.45) is 5.92 Å². The molecule has 36 heavy (non-hydrogen) atoms. The SMILES string of the molecule is O=C(c1ncn(C2CCCN(CC3CC3)C2)c1-c1ccccc1)N1CCNC[C@H]1Cc1ccccc1. The number of imidazole rings is 1. The largest absolute Gasteiger partial charge is 0.331 e. The molecule has 6 heteroatoms. The van der Waals surface area contributed by atoms with Crippen molar-refractivity contribution in [3.05, 3.63) is 78.2 Å². The molecule has 0 spiro atoms. The molecule has 3 aliphatic rings. The highest BCUT2D eigenvalue weighted by Crippen LogP contribution is 2.34. The molecule has 6 rings (SSSR count). The van der Waals surface area contributed by atoms with Crippen molar-refractivity contribution in [1.82, 2.24) is 24.7 Å². The number of rotatable bonds is 7. The van der Waals surface area contributed by atoms with E-state index in [1.165, 1.54) is 37.9 Å². The van der Waals surface area contributed by atoms with Gasteiger partial charge < -0.3 is 19.7 Å². The lowest BCUT2D eigenvalue weighted by Gasteiger charge is -2.36. The fourth-order valence-electron chi connectivity index (χ4n) is 6.00. The molecule has 1 unspecified atom stereocenters. The third kappa shape index (κ3) is 5.11. The molecule has 1 saturated carbocycles. The normalized spacial score (nSPS) is 23.1. The molecule has 2 saturated heterocycles. The van der Waals surface area contributed by atoms with Crippen LogP contribution in [0.15, 0.2) is 67.0 Å². The molecule has 1 aliphatic carbocycles. The van der Waals surface area contributed by atoms with Crippen LogP contribution in [0.5, 0.6) is 0 Å². The van der Waals surface area contributed by atoms with Crippen LogP contribution < -0.4 is 5.32 Å². The van der Waals surface area contributed by atoms with Gasteiger partial charge in [0.05, 0.1) is 12.0 Å². The predicted molar refractivity (Wildman–Crippen MR) is 143 cm³/mol. The third-order valence-electron chi connectivity index (χ3n) is 8.06. The van der Waals surface area contributed by atoms with Gasteiger partial charge in [0.15, 0.2) is 5.69 Å². The minimum atomic E-state index is 0.0562. The number of benzene rings is 2. The Hall–Kier alpha value is -2.96. The zero-order valence-corrected chi connectivity index (χ0v) is 21.1. The summed E-state index contributed by atoms with van der Waals surface area (Å²) in [6.07, 6.45) is 7.89. The maximum absolute atomic E-state index is 14.1. The molecular weight excluding hydrogens is 446 g/mol. The van der Waals surface area contributed by atoms with E-state index in [2.05, 4.69) is 68.2 Å². The van der Waals surface area contributed by atoms with Crippen molar-refractivity contribution in [1.29, 1.82) is 0 Å². The molecule has 2 aromatic carbocycles. The number of aromatic nitrogens is 2. The summed E-state index contributed by atoms with van der Waals surface area (Å²) in [5.74, 6) is 0.951. The predicted octanol–water partition coefficient (Wildman–Crippen LogP) is 4.25. The number of likely N-dealkylation sites (tertiary alicyclic amines) is 1. The number of piperidine rings is 1. The number of carbonyl (C=O) groups excluding carboxylic acids is 1. The minimum Gasteiger partial charge on any atom is -0.331 e. The van der Waals surface area contributed by atoms with E-state index < -0.39 is 0 Å². The highest BCUT2D eigenvalue weighted by Gasteiger charge is 2.34. The van der Waals surface area contributed by atoms with Crippen LogP contribution in [-0.4, -0.2) is 70.6 Å². The summed E-state index contributed by atoms with van der Waals surface area (Å²) >= 11 is 0. The van der Waals surface area contributed by atoms with Crippen molar-refractivity contribution in [2.75, 3.05) is 39.3 Å². The second kappa shape index (κ2) is 10.6. The van der Waals surface area contributed by atoms with Crippen molar-refractivity contribution >= 4 is 5.91 Å². The van der Waals surface area contributed by atoms with Crippen LogP contribution >= 0.6 is 0 Å². The lowest BCUT2D eigenvalue weighted by molar-refractivity contribution is 0.0631. The van der Waals surface area contributed by atoms with E-state index in [0.717, 1.165) is 49.7 Å². The summed E-state index contributed by atoms with van der Waals surface area (Å²) in [6, 6.07) is 21.4. The number of piperazine rings is 1. The summed E-state index contributed by atoms with van der Waals surface area (Å²) in [6.45, 7) is 5.79. The van der Waals surface area contributed by atoms with Gasteiger partial charge in [-0.1, -0.05) is 60.7 Å². The lowest BCUT2D eigenvalue weighted by atomic mass is 10.0. The molecule has 1 amide bonds. The Bertz CT molecular complexity index is 1160. The first-order valence-electron chi connectivity index (χ1n) is 13.7. The highest BCUT2D eigenvalue weighted by atomic mass is 16.2. The third-order valence-corrected chi connectivity index (χ3v) is 8.06. The van der Waals surface area contributed by atoms with Crippen LogP contribution in [0.4, 0.5) is 0 Å². The molecule has 1 N–H and O–H groups in total. The maximum atomic E-state index is 14.1. The summed E-state index contributed by atoms with van der Waals surface area (Å²) in [5.41, 5.74) is 3.92. The zero-order valence-electron chi connectivity index (χ0n) is 21.1. The fourth-order valence-corrected chi connectivity index (χ4v) is 6.00. The van der Waals surface area contributed by atoms with E-state index >= 15 is 0 Å². The Morgan fingerprint density at radius 2 is 1.75 bits per heavy atom. The Kier molecular flexibility index (Phi) is 6.88. The average Bonchev–Trinajstić information content (AvgIpc) is 3.63. The van der Waals surface area contributed by atoms with Gasteiger partial charge in [0, 0.05) is 50.4 Å². The Balaban J connectivity index is 1.30. The minimum absolute atomic E-state index is 0.0562. The van der Waals surface area contributed by atoms with E-state index in [1.807, 2.05) is 18.5 Å². The monoisotopic (exact) mass is 483 g/mol. The second-order valence-corrected chi connectivity index (χ2v) is 10.8. The van der Waals surface area contributed by atoms with Crippen LogP contribution in [-0.2, 0) is 6.42 Å². The summed E-state index contributed by atoms with van der Waals surface area (Å²) in [4.78, 5) is 23.6. The highest BCUT2D eigenvalue weighted by molar-refractivity contribution is 5.98. The van der Waals surface area contributed by atoms with Gasteiger partial charge in [0.2, 0.25) is 0 Å². The van der Waals surface area contributed by atoms with Crippen molar-refractivity contribution in [3.8, 4) is 11.3 Å². The number of hydrogen-bond donors (Lipinski definition) is 1. The maximum Gasteiger partial charge on any atom is 0.275 e. The van der Waals surface area contributed by atoms with Gasteiger partial charge in [-0.3, -0.25) is 4.79 Å².